The highest BCUT2D eigenvalue weighted by Crippen LogP contribution is 2.36. The molecule has 0 saturated heterocycles. The number of nitrogens with zero attached hydrogens (tertiary/aromatic N) is 2. The molecule has 0 heterocycles. The fourth-order valence-electron chi connectivity index (χ4n) is 4.73. The van der Waals surface area contributed by atoms with E-state index < -0.39 is 0 Å². The topological polar surface area (TPSA) is 23.6 Å². The van der Waals surface area contributed by atoms with Crippen LogP contribution < -0.4 is 0 Å². The number of carbonyl (C=O) groups excluding carboxylic acids is 1. The van der Waals surface area contributed by atoms with Crippen molar-refractivity contribution in [2.75, 3.05) is 20.6 Å². The molecule has 0 N–H and O–H groups in total. The largest absolute Gasteiger partial charge is 0.338 e. The van der Waals surface area contributed by atoms with Crippen molar-refractivity contribution in [3.63, 3.8) is 0 Å². The lowest BCUT2D eigenvalue weighted by Crippen LogP contribution is -2.40. The first-order valence-electron chi connectivity index (χ1n) is 9.76. The molecule has 2 aliphatic carbocycles. The average Bonchev–Trinajstić information content (AvgIpc) is 3.11. The zero-order chi connectivity index (χ0) is 18.1. The lowest BCUT2D eigenvalue weighted by molar-refractivity contribution is -0.133. The van der Waals surface area contributed by atoms with E-state index in [1.54, 1.807) is 0 Å². The number of carbonyl (C=O) groups is 1. The Morgan fingerprint density at radius 1 is 0.885 bits per heavy atom. The van der Waals surface area contributed by atoms with Crippen LogP contribution in [0, 0.1) is 0 Å². The second-order valence-corrected chi connectivity index (χ2v) is 7.78. The predicted molar refractivity (Wildman–Crippen MR) is 105 cm³/mol. The number of aryl methyl sites for hydroxylation is 2. The Morgan fingerprint density at radius 2 is 1.50 bits per heavy atom. The van der Waals surface area contributed by atoms with Crippen molar-refractivity contribution in [2.45, 2.75) is 44.2 Å². The smallest absolute Gasteiger partial charge is 0.237 e. The summed E-state index contributed by atoms with van der Waals surface area (Å²) >= 11 is 0. The molecule has 1 amide bonds. The van der Waals surface area contributed by atoms with E-state index in [0.717, 1.165) is 32.1 Å². The van der Waals surface area contributed by atoms with Crippen molar-refractivity contribution in [3.8, 4) is 0 Å². The van der Waals surface area contributed by atoms with E-state index in [1.807, 2.05) is 11.9 Å². The summed E-state index contributed by atoms with van der Waals surface area (Å²) in [6, 6.07) is 17.8. The van der Waals surface area contributed by atoms with Crippen LogP contribution in [0.25, 0.3) is 0 Å². The van der Waals surface area contributed by atoms with E-state index in [4.69, 9.17) is 0 Å². The Balaban J connectivity index is 1.46. The molecule has 26 heavy (non-hydrogen) atoms. The van der Waals surface area contributed by atoms with Gasteiger partial charge in [0, 0.05) is 13.1 Å². The van der Waals surface area contributed by atoms with Gasteiger partial charge in [-0.25, -0.2) is 0 Å². The normalized spacial score (nSPS) is 21.3. The standard InChI is InChI=1S/C23H28N2O/c1-24(21-15-14-18-9-4-5-11-19(18)21)16-23(26)25(2)22-13-7-10-17-8-3-6-12-20(17)22/h3-6,8-9,11-12,21-22H,7,10,13-16H2,1-2H3/t21-,22+/m1/s1. The quantitative estimate of drug-likeness (QED) is 0.829. The molecule has 3 nitrogen and oxygen atoms in total. The molecule has 0 aromatic heterocycles. The van der Waals surface area contributed by atoms with Gasteiger partial charge in [-0.2, -0.15) is 0 Å². The van der Waals surface area contributed by atoms with Gasteiger partial charge < -0.3 is 4.90 Å². The van der Waals surface area contributed by atoms with Gasteiger partial charge in [-0.1, -0.05) is 48.5 Å². The number of fused-ring (bicyclic) bond motifs is 2. The first-order chi connectivity index (χ1) is 12.6. The van der Waals surface area contributed by atoms with E-state index in [2.05, 4.69) is 60.5 Å². The fourth-order valence-corrected chi connectivity index (χ4v) is 4.73. The number of amides is 1. The molecular weight excluding hydrogens is 320 g/mol. The zero-order valence-electron chi connectivity index (χ0n) is 15.8. The molecule has 2 aromatic carbocycles. The summed E-state index contributed by atoms with van der Waals surface area (Å²) in [4.78, 5) is 17.2. The Hall–Kier alpha value is -2.13. The fraction of sp³-hybridized carbons (Fsp3) is 0.435. The maximum Gasteiger partial charge on any atom is 0.237 e. The van der Waals surface area contributed by atoms with Crippen LogP contribution in [0.4, 0.5) is 0 Å². The number of benzene rings is 2. The molecule has 2 aromatic rings. The lowest BCUT2D eigenvalue weighted by atomic mass is 9.87. The zero-order valence-corrected chi connectivity index (χ0v) is 15.8. The third-order valence-corrected chi connectivity index (χ3v) is 6.22. The summed E-state index contributed by atoms with van der Waals surface area (Å²) in [5.41, 5.74) is 5.57. The molecule has 3 heteroatoms. The highest BCUT2D eigenvalue weighted by molar-refractivity contribution is 5.78. The van der Waals surface area contributed by atoms with Crippen LogP contribution >= 0.6 is 0 Å². The second-order valence-electron chi connectivity index (χ2n) is 7.78. The van der Waals surface area contributed by atoms with Crippen molar-refractivity contribution in [1.82, 2.24) is 9.80 Å². The Kier molecular flexibility index (Phi) is 4.82. The molecule has 0 bridgehead atoms. The summed E-state index contributed by atoms with van der Waals surface area (Å²) in [6.07, 6.45) is 5.58. The van der Waals surface area contributed by atoms with Crippen LogP contribution in [-0.4, -0.2) is 36.3 Å². The van der Waals surface area contributed by atoms with Crippen molar-refractivity contribution < 1.29 is 4.79 Å². The Morgan fingerprint density at radius 3 is 2.23 bits per heavy atom. The van der Waals surface area contributed by atoms with Gasteiger partial charge in [0.2, 0.25) is 5.91 Å². The van der Waals surface area contributed by atoms with Gasteiger partial charge in [0.25, 0.3) is 0 Å². The average molecular weight is 348 g/mol. The summed E-state index contributed by atoms with van der Waals surface area (Å²) < 4.78 is 0. The van der Waals surface area contributed by atoms with E-state index in [0.29, 0.717) is 12.6 Å². The molecule has 0 spiro atoms. The van der Waals surface area contributed by atoms with Crippen LogP contribution in [0.3, 0.4) is 0 Å². The van der Waals surface area contributed by atoms with E-state index in [9.17, 15) is 4.79 Å². The Labute approximate surface area is 156 Å². The minimum absolute atomic E-state index is 0.219. The molecule has 4 rings (SSSR count). The molecule has 0 unspecified atom stereocenters. The summed E-state index contributed by atoms with van der Waals surface area (Å²) in [6.45, 7) is 0.480. The van der Waals surface area contributed by atoms with Gasteiger partial charge in [0.1, 0.15) is 0 Å². The molecule has 2 aliphatic rings. The number of rotatable bonds is 4. The summed E-state index contributed by atoms with van der Waals surface area (Å²) in [7, 11) is 4.07. The molecule has 0 aliphatic heterocycles. The van der Waals surface area contributed by atoms with Crippen molar-refractivity contribution >= 4 is 5.91 Å². The molecule has 2 atom stereocenters. The minimum Gasteiger partial charge on any atom is -0.338 e. The maximum absolute atomic E-state index is 13.0. The number of hydrogen-bond donors (Lipinski definition) is 0. The molecule has 0 saturated carbocycles. The maximum atomic E-state index is 13.0. The lowest BCUT2D eigenvalue weighted by Gasteiger charge is -2.35. The SMILES string of the molecule is CN(CC(=O)N(C)[C@H]1CCCc2ccccc21)[C@@H]1CCc2ccccc21. The number of likely N-dealkylation sites (N-methyl/N-ethyl adjacent to an activating group) is 2. The highest BCUT2D eigenvalue weighted by Gasteiger charge is 2.30. The van der Waals surface area contributed by atoms with Crippen molar-refractivity contribution in [1.29, 1.82) is 0 Å². The van der Waals surface area contributed by atoms with Gasteiger partial charge in [-0.05, 0) is 61.4 Å². The van der Waals surface area contributed by atoms with Gasteiger partial charge >= 0.3 is 0 Å². The minimum atomic E-state index is 0.219. The van der Waals surface area contributed by atoms with Crippen LogP contribution in [0.1, 0.15) is 53.6 Å². The molecule has 0 fully saturated rings. The summed E-state index contributed by atoms with van der Waals surface area (Å²) in [5, 5.41) is 0. The van der Waals surface area contributed by atoms with Gasteiger partial charge in [-0.15, -0.1) is 0 Å². The van der Waals surface area contributed by atoms with Gasteiger partial charge in [0.05, 0.1) is 12.6 Å². The monoisotopic (exact) mass is 348 g/mol. The second kappa shape index (κ2) is 7.24. The summed E-state index contributed by atoms with van der Waals surface area (Å²) in [5.74, 6) is 0.221. The molecule has 136 valence electrons. The van der Waals surface area contributed by atoms with E-state index in [-0.39, 0.29) is 11.9 Å². The molecular formula is C23H28N2O. The van der Waals surface area contributed by atoms with Gasteiger partial charge in [-0.3, -0.25) is 9.69 Å². The number of hydrogen-bond acceptors (Lipinski definition) is 2. The van der Waals surface area contributed by atoms with Crippen LogP contribution in [0.2, 0.25) is 0 Å². The van der Waals surface area contributed by atoms with Crippen LogP contribution in [0.15, 0.2) is 48.5 Å². The van der Waals surface area contributed by atoms with Gasteiger partial charge in [0.15, 0.2) is 0 Å². The predicted octanol–water partition coefficient (Wildman–Crippen LogP) is 4.14. The third-order valence-electron chi connectivity index (χ3n) is 6.22. The first-order valence-corrected chi connectivity index (χ1v) is 9.76. The first kappa shape index (κ1) is 17.3. The van der Waals surface area contributed by atoms with E-state index in [1.165, 1.54) is 22.3 Å². The van der Waals surface area contributed by atoms with Crippen molar-refractivity contribution in [3.05, 3.63) is 70.8 Å². The van der Waals surface area contributed by atoms with E-state index >= 15 is 0 Å². The third kappa shape index (κ3) is 3.16. The van der Waals surface area contributed by atoms with Crippen LogP contribution in [0.5, 0.6) is 0 Å². The highest BCUT2D eigenvalue weighted by atomic mass is 16.2. The van der Waals surface area contributed by atoms with Crippen LogP contribution in [-0.2, 0) is 17.6 Å². The van der Waals surface area contributed by atoms with Crippen molar-refractivity contribution in [2.24, 2.45) is 0 Å². The molecule has 0 radical (unpaired) electrons. The Bertz CT molecular complexity index is 800.